The van der Waals surface area contributed by atoms with Gasteiger partial charge in [0, 0.05) is 17.2 Å². The van der Waals surface area contributed by atoms with E-state index >= 15 is 0 Å². The van der Waals surface area contributed by atoms with E-state index in [1.54, 1.807) is 0 Å². The van der Waals surface area contributed by atoms with Gasteiger partial charge in [0.05, 0.1) is 23.4 Å². The largest absolute Gasteiger partial charge is 0.455 e. The van der Waals surface area contributed by atoms with E-state index in [1.807, 2.05) is 0 Å². The van der Waals surface area contributed by atoms with Gasteiger partial charge in [-0.05, 0) is 25.0 Å². The number of sulfone groups is 1. The van der Waals surface area contributed by atoms with Crippen LogP contribution in [0.4, 0.5) is 13.2 Å². The second-order valence-corrected chi connectivity index (χ2v) is 7.14. The Kier molecular flexibility index (Phi) is 4.22. The molecule has 1 atom stereocenters. The van der Waals surface area contributed by atoms with E-state index in [2.05, 4.69) is 4.98 Å². The number of pyridine rings is 1. The van der Waals surface area contributed by atoms with E-state index in [-0.39, 0.29) is 29.9 Å². The smallest absolute Gasteiger partial charge is 0.341 e. The highest BCUT2D eigenvalue weighted by atomic mass is 32.2. The van der Waals surface area contributed by atoms with Gasteiger partial charge < -0.3 is 9.84 Å². The molecule has 0 saturated carbocycles. The second-order valence-electron chi connectivity index (χ2n) is 5.26. The third-order valence-electron chi connectivity index (χ3n) is 3.72. The third kappa shape index (κ3) is 2.84. The zero-order valence-corrected chi connectivity index (χ0v) is 12.9. The summed E-state index contributed by atoms with van der Waals surface area (Å²) in [6.07, 6.45) is 1.49. The van der Waals surface area contributed by atoms with Crippen LogP contribution in [0.5, 0.6) is 11.5 Å². The fourth-order valence-electron chi connectivity index (χ4n) is 2.69. The monoisotopic (exact) mass is 359 g/mol. The van der Waals surface area contributed by atoms with Gasteiger partial charge >= 0.3 is 5.76 Å². The number of halogens is 3. The lowest BCUT2D eigenvalue weighted by Crippen LogP contribution is -2.15. The average Bonchev–Trinajstić information content (AvgIpc) is 2.90. The molecule has 9 heteroatoms. The molecule has 1 unspecified atom stereocenters. The fraction of sp³-hybridized carbons (Fsp3) is 0.267. The minimum Gasteiger partial charge on any atom is -0.455 e. The molecule has 2 aromatic rings. The van der Waals surface area contributed by atoms with Crippen molar-refractivity contribution in [2.45, 2.75) is 29.6 Å². The number of hydrogen-bond acceptors (Lipinski definition) is 5. The number of rotatable bonds is 4. The molecule has 0 bridgehead atoms. The van der Waals surface area contributed by atoms with Crippen molar-refractivity contribution in [2.24, 2.45) is 0 Å². The first kappa shape index (κ1) is 16.7. The van der Waals surface area contributed by atoms with Gasteiger partial charge in [-0.3, -0.25) is 4.98 Å². The zero-order valence-electron chi connectivity index (χ0n) is 12.1. The molecule has 1 N–H and O–H groups in total. The molecule has 1 aromatic heterocycles. The maximum absolute atomic E-state index is 13.2. The molecule has 1 aliphatic rings. The van der Waals surface area contributed by atoms with Gasteiger partial charge in [0.15, 0.2) is 0 Å². The SMILES string of the molecule is O=S(=O)(c1ccc(Oc2cncc(F)c2)c2c1C(O)CC2)C(F)F. The van der Waals surface area contributed by atoms with Crippen LogP contribution in [0.1, 0.15) is 23.7 Å². The van der Waals surface area contributed by atoms with Crippen LogP contribution in [0.25, 0.3) is 0 Å². The molecule has 0 aliphatic heterocycles. The molecule has 5 nitrogen and oxygen atoms in total. The Labute approximate surface area is 135 Å². The molecule has 0 fully saturated rings. The molecule has 128 valence electrons. The van der Waals surface area contributed by atoms with Crippen molar-refractivity contribution in [1.82, 2.24) is 4.98 Å². The fourth-order valence-corrected chi connectivity index (χ4v) is 3.70. The lowest BCUT2D eigenvalue weighted by Gasteiger charge is -2.15. The molecular weight excluding hydrogens is 347 g/mol. The lowest BCUT2D eigenvalue weighted by atomic mass is 10.1. The standard InChI is InChI=1S/C15H12F3NO4S/c16-8-5-9(7-19-6-8)23-12-3-4-13(24(21,22)15(17)18)14-10(12)1-2-11(14)20/h3-7,11,15,20H,1-2H2. The number of alkyl halides is 2. The highest BCUT2D eigenvalue weighted by molar-refractivity contribution is 7.91. The summed E-state index contributed by atoms with van der Waals surface area (Å²) >= 11 is 0. The van der Waals surface area contributed by atoms with Crippen molar-refractivity contribution in [1.29, 1.82) is 0 Å². The summed E-state index contributed by atoms with van der Waals surface area (Å²) in [6, 6.07) is 3.27. The number of aliphatic hydroxyl groups is 1. The summed E-state index contributed by atoms with van der Waals surface area (Å²) in [7, 11) is -4.85. The molecule has 0 radical (unpaired) electrons. The molecule has 1 aromatic carbocycles. The number of hydrogen-bond donors (Lipinski definition) is 1. The number of aromatic nitrogens is 1. The first-order valence-electron chi connectivity index (χ1n) is 6.95. The van der Waals surface area contributed by atoms with Crippen molar-refractivity contribution in [2.75, 3.05) is 0 Å². The Morgan fingerprint density at radius 1 is 1.29 bits per heavy atom. The number of fused-ring (bicyclic) bond motifs is 1. The topological polar surface area (TPSA) is 76.5 Å². The van der Waals surface area contributed by atoms with Gasteiger partial charge in [-0.2, -0.15) is 8.78 Å². The van der Waals surface area contributed by atoms with Crippen LogP contribution >= 0.6 is 0 Å². The molecule has 0 amide bonds. The molecule has 0 saturated heterocycles. The van der Waals surface area contributed by atoms with Gasteiger partial charge in [0.2, 0.25) is 9.84 Å². The van der Waals surface area contributed by atoms with Crippen LogP contribution in [0.3, 0.4) is 0 Å². The Balaban J connectivity index is 2.09. The zero-order chi connectivity index (χ0) is 17.5. The predicted octanol–water partition coefficient (Wildman–Crippen LogP) is 2.99. The predicted molar refractivity (Wildman–Crippen MR) is 77.2 cm³/mol. The highest BCUT2D eigenvalue weighted by Crippen LogP contribution is 2.43. The summed E-state index contributed by atoms with van der Waals surface area (Å²) in [4.78, 5) is 3.02. The summed E-state index contributed by atoms with van der Waals surface area (Å²) < 4.78 is 67.9. The van der Waals surface area contributed by atoms with E-state index in [9.17, 15) is 26.7 Å². The Hall–Kier alpha value is -2.13. The molecule has 3 rings (SSSR count). The van der Waals surface area contributed by atoms with Crippen LogP contribution < -0.4 is 4.74 Å². The third-order valence-corrected chi connectivity index (χ3v) is 5.16. The Morgan fingerprint density at radius 2 is 2.04 bits per heavy atom. The molecule has 1 aliphatic carbocycles. The van der Waals surface area contributed by atoms with E-state index in [1.165, 1.54) is 12.3 Å². The van der Waals surface area contributed by atoms with Crippen LogP contribution in [0.2, 0.25) is 0 Å². The second kappa shape index (κ2) is 6.06. The quantitative estimate of drug-likeness (QED) is 0.908. The van der Waals surface area contributed by atoms with Gasteiger partial charge in [0.25, 0.3) is 0 Å². The van der Waals surface area contributed by atoms with Gasteiger partial charge in [-0.15, -0.1) is 0 Å². The van der Waals surface area contributed by atoms with E-state index < -0.39 is 32.4 Å². The molecule has 0 spiro atoms. The normalized spacial score (nSPS) is 17.1. The average molecular weight is 359 g/mol. The van der Waals surface area contributed by atoms with Crippen molar-refractivity contribution < 1.29 is 31.4 Å². The maximum Gasteiger partial charge on any atom is 0.341 e. The van der Waals surface area contributed by atoms with Crippen LogP contribution in [-0.2, 0) is 16.3 Å². The first-order chi connectivity index (χ1) is 11.3. The van der Waals surface area contributed by atoms with Gasteiger partial charge in [0.1, 0.15) is 17.3 Å². The van der Waals surface area contributed by atoms with E-state index in [0.717, 1.165) is 18.3 Å². The van der Waals surface area contributed by atoms with Crippen LogP contribution in [0, 0.1) is 5.82 Å². The first-order valence-corrected chi connectivity index (χ1v) is 8.49. The molecular formula is C15H12F3NO4S. The van der Waals surface area contributed by atoms with E-state index in [4.69, 9.17) is 4.74 Å². The van der Waals surface area contributed by atoms with Gasteiger partial charge in [-0.25, -0.2) is 12.8 Å². The number of nitrogens with zero attached hydrogens (tertiary/aromatic N) is 1. The minimum atomic E-state index is -4.85. The van der Waals surface area contributed by atoms with E-state index in [0.29, 0.717) is 5.56 Å². The van der Waals surface area contributed by atoms with Gasteiger partial charge in [-0.1, -0.05) is 0 Å². The van der Waals surface area contributed by atoms with Crippen LogP contribution in [-0.4, -0.2) is 24.3 Å². The Morgan fingerprint density at radius 3 is 2.71 bits per heavy atom. The Bertz CT molecular complexity index is 886. The summed E-state index contributed by atoms with van der Waals surface area (Å²) in [5, 5.41) is 10.0. The summed E-state index contributed by atoms with van der Waals surface area (Å²) in [5.41, 5.74) is 0.227. The van der Waals surface area contributed by atoms with Crippen molar-refractivity contribution in [3.63, 3.8) is 0 Å². The number of benzene rings is 1. The highest BCUT2D eigenvalue weighted by Gasteiger charge is 2.36. The number of ether oxygens (including phenoxy) is 1. The molecule has 24 heavy (non-hydrogen) atoms. The van der Waals surface area contributed by atoms with Crippen molar-refractivity contribution in [3.8, 4) is 11.5 Å². The molecule has 1 heterocycles. The lowest BCUT2D eigenvalue weighted by molar-refractivity contribution is 0.176. The van der Waals surface area contributed by atoms with Crippen molar-refractivity contribution in [3.05, 3.63) is 47.5 Å². The minimum absolute atomic E-state index is 0.0723. The summed E-state index contributed by atoms with van der Waals surface area (Å²) in [5.74, 6) is -3.97. The maximum atomic E-state index is 13.2. The van der Waals surface area contributed by atoms with Crippen LogP contribution in [0.15, 0.2) is 35.5 Å². The van der Waals surface area contributed by atoms with Crippen molar-refractivity contribution >= 4 is 9.84 Å². The number of aliphatic hydroxyl groups excluding tert-OH is 1. The summed E-state index contributed by atoms with van der Waals surface area (Å²) in [6.45, 7) is 0.